The molecule has 0 spiro atoms. The van der Waals surface area contributed by atoms with E-state index in [-0.39, 0.29) is 18.1 Å². The Morgan fingerprint density at radius 3 is 2.38 bits per heavy atom. The number of rotatable bonds is 6. The molecule has 2 rings (SSSR count). The Bertz CT molecular complexity index is 865. The van der Waals surface area contributed by atoms with E-state index < -0.39 is 5.97 Å². The minimum Gasteiger partial charge on any atom is -0.462 e. The molecule has 6 nitrogen and oxygen atoms in total. The van der Waals surface area contributed by atoms with Crippen LogP contribution < -0.4 is 10.6 Å². The minimum absolute atomic E-state index is 0.121. The van der Waals surface area contributed by atoms with E-state index in [0.717, 1.165) is 5.56 Å². The highest BCUT2D eigenvalue weighted by Crippen LogP contribution is 2.16. The van der Waals surface area contributed by atoms with Gasteiger partial charge in [-0.3, -0.25) is 4.79 Å². The van der Waals surface area contributed by atoms with Gasteiger partial charge in [0, 0.05) is 23.1 Å². The van der Waals surface area contributed by atoms with Gasteiger partial charge in [0.25, 0.3) is 5.91 Å². The van der Waals surface area contributed by atoms with Gasteiger partial charge >= 0.3 is 5.97 Å². The number of ether oxygens (including phenoxy) is 1. The van der Waals surface area contributed by atoms with Crippen molar-refractivity contribution in [3.8, 4) is 6.07 Å². The van der Waals surface area contributed by atoms with Crippen molar-refractivity contribution in [3.63, 3.8) is 0 Å². The molecule has 0 heterocycles. The SMILES string of the molecule is CCOC(=O)/C(C#N)=C/Nc1ccc(NC(=O)c2ccccc2C)cc1. The molecule has 0 atom stereocenters. The number of carbonyl (C=O) groups excluding carboxylic acids is 2. The number of benzene rings is 2. The maximum absolute atomic E-state index is 12.3. The Hall–Kier alpha value is -3.59. The summed E-state index contributed by atoms with van der Waals surface area (Å²) >= 11 is 0. The van der Waals surface area contributed by atoms with E-state index in [1.807, 2.05) is 25.1 Å². The van der Waals surface area contributed by atoms with Crippen molar-refractivity contribution in [1.29, 1.82) is 5.26 Å². The Kier molecular flexibility index (Phi) is 6.52. The van der Waals surface area contributed by atoms with Crippen molar-refractivity contribution in [2.75, 3.05) is 17.2 Å². The van der Waals surface area contributed by atoms with Crippen molar-refractivity contribution in [2.45, 2.75) is 13.8 Å². The summed E-state index contributed by atoms with van der Waals surface area (Å²) in [5.74, 6) is -0.859. The molecule has 0 bridgehead atoms. The lowest BCUT2D eigenvalue weighted by Gasteiger charge is -2.08. The summed E-state index contributed by atoms with van der Waals surface area (Å²) in [7, 11) is 0. The van der Waals surface area contributed by atoms with Crippen LogP contribution >= 0.6 is 0 Å². The maximum Gasteiger partial charge on any atom is 0.350 e. The van der Waals surface area contributed by atoms with E-state index in [4.69, 9.17) is 10.00 Å². The predicted molar refractivity (Wildman–Crippen MR) is 99.5 cm³/mol. The summed E-state index contributed by atoms with van der Waals surface area (Å²) in [5.41, 5.74) is 2.69. The van der Waals surface area contributed by atoms with Crippen LogP contribution in [-0.2, 0) is 9.53 Å². The third-order valence-electron chi connectivity index (χ3n) is 3.53. The van der Waals surface area contributed by atoms with Gasteiger partial charge in [0.1, 0.15) is 6.07 Å². The molecular formula is C20H19N3O3. The van der Waals surface area contributed by atoms with Crippen molar-refractivity contribution in [2.24, 2.45) is 0 Å². The molecule has 0 unspecified atom stereocenters. The first kappa shape index (κ1) is 18.7. The standard InChI is InChI=1S/C20H19N3O3/c1-3-26-20(25)15(12-21)13-22-16-8-10-17(11-9-16)23-19(24)18-7-5-4-6-14(18)2/h4-11,13,22H,3H2,1-2H3,(H,23,24)/b15-13+. The molecule has 2 aromatic rings. The number of anilines is 2. The summed E-state index contributed by atoms with van der Waals surface area (Å²) in [5, 5.41) is 14.7. The normalized spacial score (nSPS) is 10.6. The van der Waals surface area contributed by atoms with E-state index in [9.17, 15) is 9.59 Å². The molecule has 0 aliphatic rings. The van der Waals surface area contributed by atoms with Crippen molar-refractivity contribution in [1.82, 2.24) is 0 Å². The highest BCUT2D eigenvalue weighted by molar-refractivity contribution is 6.05. The molecule has 2 aromatic carbocycles. The van der Waals surface area contributed by atoms with E-state index in [1.165, 1.54) is 6.20 Å². The Balaban J connectivity index is 2.02. The number of carbonyl (C=O) groups is 2. The summed E-state index contributed by atoms with van der Waals surface area (Å²) in [6.45, 7) is 3.75. The Morgan fingerprint density at radius 2 is 1.77 bits per heavy atom. The summed E-state index contributed by atoms with van der Waals surface area (Å²) in [6, 6.07) is 16.0. The molecule has 0 aliphatic carbocycles. The van der Waals surface area contributed by atoms with Gasteiger partial charge in [0.05, 0.1) is 6.61 Å². The summed E-state index contributed by atoms with van der Waals surface area (Å²) in [4.78, 5) is 23.8. The molecule has 132 valence electrons. The zero-order valence-corrected chi connectivity index (χ0v) is 14.6. The number of nitrogens with one attached hydrogen (secondary N) is 2. The van der Waals surface area contributed by atoms with E-state index in [2.05, 4.69) is 10.6 Å². The smallest absolute Gasteiger partial charge is 0.350 e. The highest BCUT2D eigenvalue weighted by atomic mass is 16.5. The van der Waals surface area contributed by atoms with Crippen molar-refractivity contribution < 1.29 is 14.3 Å². The van der Waals surface area contributed by atoms with Crippen LogP contribution in [-0.4, -0.2) is 18.5 Å². The predicted octanol–water partition coefficient (Wildman–Crippen LogP) is 3.63. The van der Waals surface area contributed by atoms with Crippen molar-refractivity contribution in [3.05, 3.63) is 71.4 Å². The number of esters is 1. The highest BCUT2D eigenvalue weighted by Gasteiger charge is 2.10. The fourth-order valence-electron chi connectivity index (χ4n) is 2.18. The molecule has 0 saturated carbocycles. The van der Waals surface area contributed by atoms with Gasteiger partial charge in [-0.05, 0) is 49.7 Å². The van der Waals surface area contributed by atoms with Gasteiger partial charge < -0.3 is 15.4 Å². The topological polar surface area (TPSA) is 91.2 Å². The zero-order chi connectivity index (χ0) is 18.9. The van der Waals surface area contributed by atoms with Crippen LogP contribution in [0.4, 0.5) is 11.4 Å². The average molecular weight is 349 g/mol. The molecule has 2 N–H and O–H groups in total. The largest absolute Gasteiger partial charge is 0.462 e. The lowest BCUT2D eigenvalue weighted by atomic mass is 10.1. The number of nitrogens with zero attached hydrogens (tertiary/aromatic N) is 1. The van der Waals surface area contributed by atoms with Crippen molar-refractivity contribution >= 4 is 23.3 Å². The van der Waals surface area contributed by atoms with Crippen LogP contribution in [0, 0.1) is 18.3 Å². The maximum atomic E-state index is 12.3. The number of hydrogen-bond acceptors (Lipinski definition) is 5. The molecule has 6 heteroatoms. The summed E-state index contributed by atoms with van der Waals surface area (Å²) < 4.78 is 4.78. The number of hydrogen-bond donors (Lipinski definition) is 2. The first-order chi connectivity index (χ1) is 12.5. The molecule has 0 radical (unpaired) electrons. The number of amides is 1. The quantitative estimate of drug-likeness (QED) is 0.472. The van der Waals surface area contributed by atoms with Crippen LogP contribution in [0.1, 0.15) is 22.8 Å². The van der Waals surface area contributed by atoms with Gasteiger partial charge in [0.15, 0.2) is 5.57 Å². The third-order valence-corrected chi connectivity index (χ3v) is 3.53. The van der Waals surface area contributed by atoms with Crippen LogP contribution in [0.2, 0.25) is 0 Å². The molecule has 0 aliphatic heterocycles. The monoisotopic (exact) mass is 349 g/mol. The zero-order valence-electron chi connectivity index (χ0n) is 14.6. The van der Waals surface area contributed by atoms with Crippen LogP contribution in [0.25, 0.3) is 0 Å². The van der Waals surface area contributed by atoms with Crippen LogP contribution in [0.5, 0.6) is 0 Å². The average Bonchev–Trinajstić information content (AvgIpc) is 2.64. The lowest BCUT2D eigenvalue weighted by molar-refractivity contribution is -0.138. The molecule has 0 fully saturated rings. The van der Waals surface area contributed by atoms with Crippen LogP contribution in [0.15, 0.2) is 60.3 Å². The minimum atomic E-state index is -0.676. The third kappa shape index (κ3) is 4.95. The second-order valence-corrected chi connectivity index (χ2v) is 5.38. The molecular weight excluding hydrogens is 330 g/mol. The first-order valence-corrected chi connectivity index (χ1v) is 8.06. The van der Waals surface area contributed by atoms with Gasteiger partial charge in [-0.15, -0.1) is 0 Å². The van der Waals surface area contributed by atoms with Crippen LogP contribution in [0.3, 0.4) is 0 Å². The fraction of sp³-hybridized carbons (Fsp3) is 0.150. The first-order valence-electron chi connectivity index (χ1n) is 8.06. The van der Waals surface area contributed by atoms with E-state index >= 15 is 0 Å². The van der Waals surface area contributed by atoms with E-state index in [0.29, 0.717) is 16.9 Å². The number of aryl methyl sites for hydroxylation is 1. The lowest BCUT2D eigenvalue weighted by Crippen LogP contribution is -2.13. The fourth-order valence-corrected chi connectivity index (χ4v) is 2.18. The van der Waals surface area contributed by atoms with Gasteiger partial charge in [0.2, 0.25) is 0 Å². The summed E-state index contributed by atoms with van der Waals surface area (Å²) in [6.07, 6.45) is 1.29. The Morgan fingerprint density at radius 1 is 1.12 bits per heavy atom. The number of nitriles is 1. The van der Waals surface area contributed by atoms with Gasteiger partial charge in [-0.25, -0.2) is 4.79 Å². The molecule has 0 aromatic heterocycles. The van der Waals surface area contributed by atoms with Gasteiger partial charge in [-0.2, -0.15) is 5.26 Å². The second kappa shape index (κ2) is 9.04. The molecule has 0 saturated heterocycles. The second-order valence-electron chi connectivity index (χ2n) is 5.38. The van der Waals surface area contributed by atoms with Gasteiger partial charge in [-0.1, -0.05) is 18.2 Å². The molecule has 26 heavy (non-hydrogen) atoms. The Labute approximate surface area is 152 Å². The molecule has 1 amide bonds. The van der Waals surface area contributed by atoms with E-state index in [1.54, 1.807) is 43.3 Å².